The summed E-state index contributed by atoms with van der Waals surface area (Å²) in [5.74, 6) is 0. The number of hydrogen-bond donors (Lipinski definition) is 0. The van der Waals surface area contributed by atoms with Crippen LogP contribution in [0, 0.1) is 0 Å². The molecular weight excluding hydrogens is 199 g/mol. The average Bonchev–Trinajstić information content (AvgIpc) is 2.17. The second-order valence-electron chi connectivity index (χ2n) is 3.28. The van der Waals surface area contributed by atoms with Crippen molar-refractivity contribution in [3.8, 4) is 0 Å². The highest BCUT2D eigenvalue weighted by Crippen LogP contribution is 1.95. The first kappa shape index (κ1) is 11.4. The van der Waals surface area contributed by atoms with Gasteiger partial charge in [-0.15, -0.1) is 0 Å². The van der Waals surface area contributed by atoms with Crippen molar-refractivity contribution in [1.29, 1.82) is 0 Å². The van der Waals surface area contributed by atoms with Gasteiger partial charge in [0.05, 0.1) is 0 Å². The summed E-state index contributed by atoms with van der Waals surface area (Å²) in [5.41, 5.74) is 0. The molecule has 0 spiro atoms. The van der Waals surface area contributed by atoms with E-state index in [1.807, 2.05) is 18.7 Å². The molecule has 4 nitrogen and oxygen atoms in total. The average molecular weight is 213 g/mol. The summed E-state index contributed by atoms with van der Waals surface area (Å²) < 4.78 is 19.8. The minimum atomic E-state index is -1.60. The maximum Gasteiger partial charge on any atom is 0.420 e. The quantitative estimate of drug-likeness (QED) is 0.647. The third-order valence-electron chi connectivity index (χ3n) is 1.80. The number of alkyl halides is 1. The molecule has 0 aromatic carbocycles. The predicted molar refractivity (Wildman–Crippen MR) is 54.0 cm³/mol. The Morgan fingerprint density at radius 2 is 2.00 bits per heavy atom. The van der Waals surface area contributed by atoms with Gasteiger partial charge in [0.15, 0.2) is 0 Å². The van der Waals surface area contributed by atoms with E-state index in [9.17, 15) is 9.18 Å². The zero-order chi connectivity index (χ0) is 11.4. The van der Waals surface area contributed by atoms with Crippen molar-refractivity contribution in [3.05, 3.63) is 29.9 Å². The van der Waals surface area contributed by atoms with Crippen molar-refractivity contribution >= 4 is 6.09 Å². The van der Waals surface area contributed by atoms with E-state index >= 15 is 0 Å². The molecule has 0 saturated heterocycles. The number of carbonyl (C=O) groups is 1. The van der Waals surface area contributed by atoms with E-state index < -0.39 is 12.5 Å². The van der Waals surface area contributed by atoms with Crippen molar-refractivity contribution < 1.29 is 13.9 Å². The Morgan fingerprint density at radius 3 is 2.40 bits per heavy atom. The van der Waals surface area contributed by atoms with E-state index in [0.29, 0.717) is 0 Å². The second kappa shape index (κ2) is 4.72. The first-order chi connectivity index (χ1) is 7.00. The fourth-order valence-corrected chi connectivity index (χ4v) is 1.04. The van der Waals surface area contributed by atoms with Gasteiger partial charge in [0.2, 0.25) is 11.7 Å². The highest BCUT2D eigenvalue weighted by atomic mass is 19.1. The number of ether oxygens (including phenoxy) is 1. The largest absolute Gasteiger partial charge is 0.420 e. The summed E-state index contributed by atoms with van der Waals surface area (Å²) in [5, 5.41) is 0.951. The minimum Gasteiger partial charge on any atom is -0.415 e. The molecular formula is C10H14FN2O2+. The maximum absolute atomic E-state index is 12.4. The molecule has 1 aromatic rings. The Kier molecular flexibility index (Phi) is 3.60. The van der Waals surface area contributed by atoms with E-state index in [2.05, 4.69) is 4.74 Å². The minimum absolute atomic E-state index is 0.727. The highest BCUT2D eigenvalue weighted by Gasteiger charge is 2.08. The molecule has 1 aromatic heterocycles. The number of nitrogens with zero attached hydrogens (tertiary/aromatic N) is 2. The monoisotopic (exact) mass is 213 g/mol. The van der Waals surface area contributed by atoms with Crippen molar-refractivity contribution in [2.75, 3.05) is 14.1 Å². The molecule has 82 valence electrons. The predicted octanol–water partition coefficient (Wildman–Crippen LogP) is 0.820. The number of halogens is 1. The van der Waals surface area contributed by atoms with Crippen LogP contribution in [0.5, 0.6) is 0 Å². The first-order valence-corrected chi connectivity index (χ1v) is 4.54. The van der Waals surface area contributed by atoms with Crippen LogP contribution in [-0.2, 0) is 4.74 Å². The Labute approximate surface area is 87.2 Å². The van der Waals surface area contributed by atoms with E-state index in [4.69, 9.17) is 0 Å². The van der Waals surface area contributed by atoms with Gasteiger partial charge in [0.25, 0.3) is 0 Å². The summed E-state index contributed by atoms with van der Waals surface area (Å²) in [7, 11) is 3.78. The first-order valence-electron chi connectivity index (χ1n) is 4.54. The number of carbonyl (C=O) groups excluding carboxylic acids is 1. The highest BCUT2D eigenvalue weighted by molar-refractivity contribution is 5.70. The van der Waals surface area contributed by atoms with Gasteiger partial charge in [0, 0.05) is 31.5 Å². The van der Waals surface area contributed by atoms with Crippen LogP contribution in [0.4, 0.5) is 9.18 Å². The molecule has 0 N–H and O–H groups in total. The van der Waals surface area contributed by atoms with E-state index in [-0.39, 0.29) is 0 Å². The molecule has 15 heavy (non-hydrogen) atoms. The van der Waals surface area contributed by atoms with Crippen LogP contribution in [0.1, 0.15) is 6.92 Å². The normalized spacial score (nSPS) is 12.0. The second-order valence-corrected chi connectivity index (χ2v) is 3.28. The Bertz CT molecular complexity index is 399. The van der Waals surface area contributed by atoms with Gasteiger partial charge in [-0.3, -0.25) is 4.57 Å². The number of aromatic nitrogens is 1. The van der Waals surface area contributed by atoms with Crippen LogP contribution in [-0.4, -0.2) is 31.1 Å². The van der Waals surface area contributed by atoms with Crippen LogP contribution in [0.3, 0.4) is 0 Å². The summed E-state index contributed by atoms with van der Waals surface area (Å²) in [4.78, 5) is 11.2. The zero-order valence-electron chi connectivity index (χ0n) is 8.98. The lowest BCUT2D eigenvalue weighted by Gasteiger charge is -2.06. The third kappa shape index (κ3) is 3.19. The van der Waals surface area contributed by atoms with Crippen LogP contribution in [0.25, 0.3) is 0 Å². The zero-order valence-corrected chi connectivity index (χ0v) is 8.98. The molecule has 1 heterocycles. The lowest BCUT2D eigenvalue weighted by molar-refractivity contribution is 0.0287. The summed E-state index contributed by atoms with van der Waals surface area (Å²) >= 11 is 0. The number of pyridine rings is 1. The molecule has 0 radical (unpaired) electrons. The summed E-state index contributed by atoms with van der Waals surface area (Å²) in [6.45, 7) is 1.16. The third-order valence-corrected chi connectivity index (χ3v) is 1.80. The smallest absolute Gasteiger partial charge is 0.415 e. The van der Waals surface area contributed by atoms with Crippen molar-refractivity contribution in [2.24, 2.45) is 0 Å². The molecule has 0 aliphatic heterocycles. The summed E-state index contributed by atoms with van der Waals surface area (Å²) in [6, 6.07) is 3.48. The Hall–Kier alpha value is -1.65. The van der Waals surface area contributed by atoms with Gasteiger partial charge >= 0.3 is 6.09 Å². The van der Waals surface area contributed by atoms with Crippen LogP contribution in [0.2, 0.25) is 0 Å². The van der Waals surface area contributed by atoms with E-state index in [0.717, 1.165) is 12.3 Å². The van der Waals surface area contributed by atoms with Gasteiger partial charge in [-0.2, -0.15) is 0 Å². The molecule has 1 unspecified atom stereocenters. The van der Waals surface area contributed by atoms with Crippen LogP contribution >= 0.6 is 0 Å². The molecule has 5 heteroatoms. The number of hydrogen-bond acceptors (Lipinski definition) is 2. The van der Waals surface area contributed by atoms with Gasteiger partial charge in [-0.25, -0.2) is 13.8 Å². The molecule has 0 saturated carbocycles. The van der Waals surface area contributed by atoms with Crippen molar-refractivity contribution in [3.63, 3.8) is 0 Å². The Morgan fingerprint density at radius 1 is 1.47 bits per heavy atom. The topological polar surface area (TPSA) is 34.2 Å². The SMILES string of the molecule is CC(F)OC(=O)n1ccc(=[N+](C)C)cc1. The molecule has 0 bridgehead atoms. The van der Waals surface area contributed by atoms with Crippen molar-refractivity contribution in [1.82, 2.24) is 9.14 Å². The Balaban J connectivity index is 2.90. The van der Waals surface area contributed by atoms with Gasteiger partial charge in [-0.05, 0) is 0 Å². The molecule has 0 amide bonds. The fraction of sp³-hybridized carbons (Fsp3) is 0.400. The van der Waals surface area contributed by atoms with Crippen molar-refractivity contribution in [2.45, 2.75) is 13.3 Å². The van der Waals surface area contributed by atoms with Crippen LogP contribution in [0.15, 0.2) is 24.5 Å². The fourth-order valence-electron chi connectivity index (χ4n) is 1.04. The number of rotatable bonds is 1. The maximum atomic E-state index is 12.4. The molecule has 0 fully saturated rings. The van der Waals surface area contributed by atoms with Gasteiger partial charge in [-0.1, -0.05) is 0 Å². The molecule has 0 aliphatic carbocycles. The lowest BCUT2D eigenvalue weighted by atomic mass is 10.4. The summed E-state index contributed by atoms with van der Waals surface area (Å²) in [6.07, 6.45) is 0.730. The lowest BCUT2D eigenvalue weighted by Crippen LogP contribution is -2.24. The molecule has 1 atom stereocenters. The molecule has 0 aliphatic rings. The van der Waals surface area contributed by atoms with Gasteiger partial charge in [0.1, 0.15) is 14.1 Å². The standard InChI is InChI=1S/C10H14FN2O2/c1-8(11)15-10(14)13-6-4-9(5-7-13)12(2)3/h4-8H,1-3H3/q+1. The van der Waals surface area contributed by atoms with E-state index in [1.54, 1.807) is 12.1 Å². The molecule has 1 rings (SSSR count). The van der Waals surface area contributed by atoms with Crippen LogP contribution < -0.4 is 9.93 Å². The van der Waals surface area contributed by atoms with Gasteiger partial charge < -0.3 is 4.74 Å². The van der Waals surface area contributed by atoms with E-state index in [1.165, 1.54) is 17.0 Å².